The standard InChI is InChI=1S/C12H18BF3N2O3/c1-10(2)11(3,4)21-13(20-10)9-8(12(14,15)16)6-17-18(9)7-19-5/h6H,7H2,1-5H3. The third kappa shape index (κ3) is 2.82. The molecule has 0 aromatic carbocycles. The third-order valence-corrected chi connectivity index (χ3v) is 3.91. The summed E-state index contributed by atoms with van der Waals surface area (Å²) >= 11 is 0. The molecule has 0 radical (unpaired) electrons. The lowest BCUT2D eigenvalue weighted by Crippen LogP contribution is -2.43. The van der Waals surface area contributed by atoms with Crippen LogP contribution in [0.2, 0.25) is 0 Å². The second-order valence-electron chi connectivity index (χ2n) is 5.95. The van der Waals surface area contributed by atoms with E-state index in [1.807, 2.05) is 0 Å². The van der Waals surface area contributed by atoms with E-state index < -0.39 is 30.1 Å². The molecule has 0 amide bonds. The zero-order chi connectivity index (χ0) is 16.1. The zero-order valence-electron chi connectivity index (χ0n) is 12.6. The number of nitrogens with zero attached hydrogens (tertiary/aromatic N) is 2. The Morgan fingerprint density at radius 2 is 1.76 bits per heavy atom. The molecular weight excluding hydrogens is 288 g/mol. The first-order chi connectivity index (χ1) is 9.49. The molecule has 2 rings (SSSR count). The van der Waals surface area contributed by atoms with Crippen molar-refractivity contribution >= 4 is 12.7 Å². The predicted molar refractivity (Wildman–Crippen MR) is 70.0 cm³/mol. The van der Waals surface area contributed by atoms with Gasteiger partial charge in [-0.2, -0.15) is 18.3 Å². The average Bonchev–Trinajstić information content (AvgIpc) is 2.78. The fourth-order valence-corrected chi connectivity index (χ4v) is 2.04. The van der Waals surface area contributed by atoms with Crippen LogP contribution in [0, 0.1) is 0 Å². The number of methoxy groups -OCH3 is 1. The van der Waals surface area contributed by atoms with E-state index >= 15 is 0 Å². The Morgan fingerprint density at radius 1 is 1.24 bits per heavy atom. The van der Waals surface area contributed by atoms with E-state index in [1.54, 1.807) is 27.7 Å². The summed E-state index contributed by atoms with van der Waals surface area (Å²) in [5, 5.41) is 3.72. The van der Waals surface area contributed by atoms with Gasteiger partial charge in [0.05, 0.1) is 28.6 Å². The lowest BCUT2D eigenvalue weighted by atomic mass is 9.81. The number of ether oxygens (including phenoxy) is 1. The van der Waals surface area contributed by atoms with Crippen LogP contribution in [0.1, 0.15) is 33.3 Å². The van der Waals surface area contributed by atoms with Gasteiger partial charge in [0.2, 0.25) is 0 Å². The highest BCUT2D eigenvalue weighted by Crippen LogP contribution is 2.38. The molecule has 21 heavy (non-hydrogen) atoms. The first kappa shape index (κ1) is 16.3. The summed E-state index contributed by atoms with van der Waals surface area (Å²) in [6.45, 7) is 6.98. The summed E-state index contributed by atoms with van der Waals surface area (Å²) in [5.74, 6) is 0. The molecule has 118 valence electrons. The van der Waals surface area contributed by atoms with Crippen molar-refractivity contribution in [3.8, 4) is 0 Å². The van der Waals surface area contributed by atoms with Gasteiger partial charge in [0, 0.05) is 7.11 Å². The molecule has 0 spiro atoms. The van der Waals surface area contributed by atoms with Crippen LogP contribution in [0.5, 0.6) is 0 Å². The molecule has 1 saturated heterocycles. The minimum Gasteiger partial charge on any atom is -0.398 e. The summed E-state index contributed by atoms with van der Waals surface area (Å²) in [7, 11) is 0.229. The maximum atomic E-state index is 13.1. The lowest BCUT2D eigenvalue weighted by molar-refractivity contribution is -0.137. The molecule has 0 atom stereocenters. The summed E-state index contributed by atoms with van der Waals surface area (Å²) < 4.78 is 56.8. The van der Waals surface area contributed by atoms with Crippen LogP contribution >= 0.6 is 0 Å². The summed E-state index contributed by atoms with van der Waals surface area (Å²) in [6.07, 6.45) is -3.77. The molecule has 0 bridgehead atoms. The van der Waals surface area contributed by atoms with Crippen LogP contribution in [-0.4, -0.2) is 35.2 Å². The molecule has 1 aliphatic rings. The Bertz CT molecular complexity index is 512. The highest BCUT2D eigenvalue weighted by Gasteiger charge is 2.55. The van der Waals surface area contributed by atoms with Crippen molar-refractivity contribution in [2.24, 2.45) is 0 Å². The molecule has 0 unspecified atom stereocenters. The molecule has 1 aromatic rings. The van der Waals surface area contributed by atoms with Crippen molar-refractivity contribution in [2.75, 3.05) is 7.11 Å². The molecule has 2 heterocycles. The van der Waals surface area contributed by atoms with Crippen LogP contribution in [0.3, 0.4) is 0 Å². The number of hydrogen-bond donors (Lipinski definition) is 0. The third-order valence-electron chi connectivity index (χ3n) is 3.91. The molecule has 0 N–H and O–H groups in total. The predicted octanol–water partition coefficient (Wildman–Crippen LogP) is 1.80. The van der Waals surface area contributed by atoms with E-state index in [9.17, 15) is 13.2 Å². The molecule has 1 fully saturated rings. The number of halogens is 3. The van der Waals surface area contributed by atoms with Gasteiger partial charge in [-0.3, -0.25) is 0 Å². The van der Waals surface area contributed by atoms with Gasteiger partial charge in [0.1, 0.15) is 6.73 Å². The van der Waals surface area contributed by atoms with Gasteiger partial charge in [0.25, 0.3) is 0 Å². The Hall–Kier alpha value is -1.06. The van der Waals surface area contributed by atoms with Gasteiger partial charge in [0.15, 0.2) is 0 Å². The second kappa shape index (κ2) is 5.00. The van der Waals surface area contributed by atoms with Crippen molar-refractivity contribution < 1.29 is 27.2 Å². The quantitative estimate of drug-likeness (QED) is 0.799. The molecular formula is C12H18BF3N2O3. The molecule has 1 aliphatic heterocycles. The van der Waals surface area contributed by atoms with Gasteiger partial charge < -0.3 is 14.0 Å². The minimum absolute atomic E-state index is 0.116. The summed E-state index contributed by atoms with van der Waals surface area (Å²) in [5.41, 5.74) is -2.52. The normalized spacial score (nSPS) is 21.0. The molecule has 5 nitrogen and oxygen atoms in total. The van der Waals surface area contributed by atoms with Gasteiger partial charge >= 0.3 is 13.3 Å². The first-order valence-electron chi connectivity index (χ1n) is 6.47. The average molecular weight is 306 g/mol. The van der Waals surface area contributed by atoms with Crippen molar-refractivity contribution in [1.82, 2.24) is 9.78 Å². The Balaban J connectivity index is 2.46. The van der Waals surface area contributed by atoms with Crippen molar-refractivity contribution in [1.29, 1.82) is 0 Å². The van der Waals surface area contributed by atoms with Crippen LogP contribution in [0.25, 0.3) is 0 Å². The number of hydrogen-bond acceptors (Lipinski definition) is 4. The van der Waals surface area contributed by atoms with Crippen LogP contribution in [0.4, 0.5) is 13.2 Å². The topological polar surface area (TPSA) is 45.5 Å². The van der Waals surface area contributed by atoms with Gasteiger partial charge in [-0.25, -0.2) is 4.68 Å². The maximum Gasteiger partial charge on any atom is 0.514 e. The van der Waals surface area contributed by atoms with Crippen molar-refractivity contribution in [2.45, 2.75) is 51.8 Å². The molecule has 0 saturated carbocycles. The van der Waals surface area contributed by atoms with Crippen molar-refractivity contribution in [3.63, 3.8) is 0 Å². The highest BCUT2D eigenvalue weighted by atomic mass is 19.4. The van der Waals surface area contributed by atoms with Crippen LogP contribution in [-0.2, 0) is 27.0 Å². The Kier molecular flexibility index (Phi) is 3.88. The van der Waals surface area contributed by atoms with E-state index in [0.29, 0.717) is 0 Å². The van der Waals surface area contributed by atoms with E-state index in [1.165, 1.54) is 7.11 Å². The summed E-state index contributed by atoms with van der Waals surface area (Å²) in [4.78, 5) is 0. The fraction of sp³-hybridized carbons (Fsp3) is 0.750. The van der Waals surface area contributed by atoms with Crippen molar-refractivity contribution in [3.05, 3.63) is 11.8 Å². The number of aromatic nitrogens is 2. The zero-order valence-corrected chi connectivity index (χ0v) is 12.6. The largest absolute Gasteiger partial charge is 0.514 e. The van der Waals surface area contributed by atoms with E-state index in [-0.39, 0.29) is 12.3 Å². The van der Waals surface area contributed by atoms with Gasteiger partial charge in [-0.15, -0.1) is 0 Å². The number of rotatable bonds is 3. The maximum absolute atomic E-state index is 13.1. The van der Waals surface area contributed by atoms with Crippen LogP contribution in [0.15, 0.2) is 6.20 Å². The SMILES string of the molecule is COCn1ncc(C(F)(F)F)c1B1OC(C)(C)C(C)(C)O1. The van der Waals surface area contributed by atoms with Gasteiger partial charge in [-0.05, 0) is 27.7 Å². The molecule has 9 heteroatoms. The molecule has 1 aromatic heterocycles. The highest BCUT2D eigenvalue weighted by molar-refractivity contribution is 6.61. The lowest BCUT2D eigenvalue weighted by Gasteiger charge is -2.32. The minimum atomic E-state index is -4.54. The smallest absolute Gasteiger partial charge is 0.398 e. The second-order valence-corrected chi connectivity index (χ2v) is 5.95. The summed E-state index contributed by atoms with van der Waals surface area (Å²) in [6, 6.07) is 0. The molecule has 0 aliphatic carbocycles. The van der Waals surface area contributed by atoms with E-state index in [4.69, 9.17) is 14.0 Å². The van der Waals surface area contributed by atoms with E-state index in [0.717, 1.165) is 10.9 Å². The monoisotopic (exact) mass is 306 g/mol. The van der Waals surface area contributed by atoms with E-state index in [2.05, 4.69) is 5.10 Å². The van der Waals surface area contributed by atoms with Crippen LogP contribution < -0.4 is 5.59 Å². The Labute approximate surface area is 121 Å². The fourth-order valence-electron chi connectivity index (χ4n) is 2.04. The van der Waals surface area contributed by atoms with Gasteiger partial charge in [-0.1, -0.05) is 0 Å². The number of alkyl halides is 3. The first-order valence-corrected chi connectivity index (χ1v) is 6.47. The Morgan fingerprint density at radius 3 is 2.19 bits per heavy atom.